The number of rotatable bonds is 6. The summed E-state index contributed by atoms with van der Waals surface area (Å²) in [6.45, 7) is 2.83. The van der Waals surface area contributed by atoms with Gasteiger partial charge in [-0.05, 0) is 49.1 Å². The van der Waals surface area contributed by atoms with Gasteiger partial charge in [0.05, 0.1) is 16.3 Å². The largest absolute Gasteiger partial charge is 0.333 e. The van der Waals surface area contributed by atoms with E-state index >= 15 is 0 Å². The normalized spacial score (nSPS) is 16.3. The monoisotopic (exact) mass is 407 g/mol. The molecule has 1 N–H and O–H groups in total. The summed E-state index contributed by atoms with van der Waals surface area (Å²) in [6, 6.07) is 15.9. The summed E-state index contributed by atoms with van der Waals surface area (Å²) in [5, 5.41) is 3.88. The summed E-state index contributed by atoms with van der Waals surface area (Å²) in [4.78, 5) is 31.7. The van der Waals surface area contributed by atoms with E-state index in [0.717, 1.165) is 46.7 Å². The molecule has 0 saturated carbocycles. The molecule has 3 aromatic rings. The zero-order valence-corrected chi connectivity index (χ0v) is 17.4. The standard InChI is InChI=1S/C23H25N3O2S/c1-2-16-9-11-17(12-10-16)24-21(27)13-14-22(28)26-15-5-7-19(26)23-25-18-6-3-4-8-20(18)29-23/h3-4,6,8-12,19H,2,5,7,13-15H2,1H3,(H,24,27). The van der Waals surface area contributed by atoms with Crippen LogP contribution in [0.3, 0.4) is 0 Å². The van der Waals surface area contributed by atoms with E-state index in [9.17, 15) is 9.59 Å². The van der Waals surface area contributed by atoms with Crippen LogP contribution in [-0.2, 0) is 16.0 Å². The van der Waals surface area contributed by atoms with E-state index in [-0.39, 0.29) is 30.7 Å². The number of fused-ring (bicyclic) bond motifs is 1. The third kappa shape index (κ3) is 4.48. The first-order chi connectivity index (χ1) is 14.1. The lowest BCUT2D eigenvalue weighted by atomic mass is 10.1. The van der Waals surface area contributed by atoms with Gasteiger partial charge in [-0.2, -0.15) is 0 Å². The molecule has 2 heterocycles. The van der Waals surface area contributed by atoms with Gasteiger partial charge >= 0.3 is 0 Å². The van der Waals surface area contributed by atoms with Crippen LogP contribution in [-0.4, -0.2) is 28.2 Å². The molecule has 0 aliphatic carbocycles. The van der Waals surface area contributed by atoms with Gasteiger partial charge in [0.2, 0.25) is 11.8 Å². The van der Waals surface area contributed by atoms with Crippen LogP contribution in [0.5, 0.6) is 0 Å². The molecule has 1 atom stereocenters. The van der Waals surface area contributed by atoms with Crippen molar-refractivity contribution in [1.29, 1.82) is 0 Å². The lowest BCUT2D eigenvalue weighted by molar-refractivity contribution is -0.133. The molecule has 0 bridgehead atoms. The van der Waals surface area contributed by atoms with Gasteiger partial charge in [-0.15, -0.1) is 11.3 Å². The third-order valence-corrected chi connectivity index (χ3v) is 6.52. The van der Waals surface area contributed by atoms with Gasteiger partial charge in [0.1, 0.15) is 5.01 Å². The van der Waals surface area contributed by atoms with E-state index in [1.807, 2.05) is 47.4 Å². The highest BCUT2D eigenvalue weighted by molar-refractivity contribution is 7.18. The first kappa shape index (κ1) is 19.6. The number of amides is 2. The highest BCUT2D eigenvalue weighted by Gasteiger charge is 2.32. The highest BCUT2D eigenvalue weighted by atomic mass is 32.1. The van der Waals surface area contributed by atoms with E-state index < -0.39 is 0 Å². The van der Waals surface area contributed by atoms with Crippen molar-refractivity contribution >= 4 is 39.1 Å². The van der Waals surface area contributed by atoms with Gasteiger partial charge in [-0.25, -0.2) is 4.98 Å². The van der Waals surface area contributed by atoms with Crippen molar-refractivity contribution in [3.63, 3.8) is 0 Å². The van der Waals surface area contributed by atoms with Crippen LogP contribution in [0.25, 0.3) is 10.2 Å². The summed E-state index contributed by atoms with van der Waals surface area (Å²) < 4.78 is 1.15. The molecule has 0 spiro atoms. The Balaban J connectivity index is 1.35. The smallest absolute Gasteiger partial charge is 0.224 e. The summed E-state index contributed by atoms with van der Waals surface area (Å²) in [5.41, 5.74) is 2.99. The Kier molecular flexibility index (Phi) is 5.90. The summed E-state index contributed by atoms with van der Waals surface area (Å²) in [6.07, 6.45) is 3.29. The molecule has 5 nitrogen and oxygen atoms in total. The predicted molar refractivity (Wildman–Crippen MR) is 117 cm³/mol. The van der Waals surface area contributed by atoms with Crippen molar-refractivity contribution in [2.24, 2.45) is 0 Å². The van der Waals surface area contributed by atoms with Crippen LogP contribution >= 0.6 is 11.3 Å². The maximum absolute atomic E-state index is 12.8. The Bertz CT molecular complexity index is 979. The number of anilines is 1. The first-order valence-electron chi connectivity index (χ1n) is 10.2. The number of hydrogen-bond donors (Lipinski definition) is 1. The quantitative estimate of drug-likeness (QED) is 0.629. The maximum Gasteiger partial charge on any atom is 0.224 e. The molecule has 6 heteroatoms. The van der Waals surface area contributed by atoms with Crippen molar-refractivity contribution in [2.75, 3.05) is 11.9 Å². The fourth-order valence-electron chi connectivity index (χ4n) is 3.77. The van der Waals surface area contributed by atoms with Crippen LogP contribution in [0.1, 0.15) is 49.2 Å². The number of carbonyl (C=O) groups is 2. The Morgan fingerprint density at radius 1 is 1.14 bits per heavy atom. The number of thiazole rings is 1. The average molecular weight is 408 g/mol. The van der Waals surface area contributed by atoms with Crippen molar-refractivity contribution in [3.8, 4) is 0 Å². The molecule has 1 fully saturated rings. The summed E-state index contributed by atoms with van der Waals surface area (Å²) in [7, 11) is 0. The van der Waals surface area contributed by atoms with Gasteiger partial charge in [0.15, 0.2) is 0 Å². The molecule has 1 aliphatic rings. The minimum Gasteiger partial charge on any atom is -0.333 e. The van der Waals surface area contributed by atoms with Gasteiger partial charge in [0.25, 0.3) is 0 Å². The van der Waals surface area contributed by atoms with Crippen LogP contribution in [0.4, 0.5) is 5.69 Å². The van der Waals surface area contributed by atoms with E-state index in [1.165, 1.54) is 5.56 Å². The number of nitrogens with zero attached hydrogens (tertiary/aromatic N) is 2. The zero-order chi connectivity index (χ0) is 20.2. The number of likely N-dealkylation sites (tertiary alicyclic amines) is 1. The fraction of sp³-hybridized carbons (Fsp3) is 0.348. The SMILES string of the molecule is CCc1ccc(NC(=O)CCC(=O)N2CCCC2c2nc3ccccc3s2)cc1. The number of aryl methyl sites for hydroxylation is 1. The van der Waals surface area contributed by atoms with Crippen molar-refractivity contribution in [2.45, 2.75) is 45.1 Å². The summed E-state index contributed by atoms with van der Waals surface area (Å²) in [5.74, 6) is -0.0958. The molecule has 4 rings (SSSR count). The molecular formula is C23H25N3O2S. The van der Waals surface area contributed by atoms with E-state index in [2.05, 4.69) is 18.3 Å². The number of nitrogens with one attached hydrogen (secondary N) is 1. The molecule has 2 amide bonds. The van der Waals surface area contributed by atoms with Crippen molar-refractivity contribution in [1.82, 2.24) is 9.88 Å². The van der Waals surface area contributed by atoms with Gasteiger partial charge in [-0.3, -0.25) is 9.59 Å². The van der Waals surface area contributed by atoms with E-state index in [4.69, 9.17) is 4.98 Å². The topological polar surface area (TPSA) is 62.3 Å². The summed E-state index contributed by atoms with van der Waals surface area (Å²) >= 11 is 1.66. The maximum atomic E-state index is 12.8. The molecule has 1 unspecified atom stereocenters. The number of para-hydroxylation sites is 1. The minimum absolute atomic E-state index is 0.0308. The Hall–Kier alpha value is -2.73. The molecule has 1 aromatic heterocycles. The first-order valence-corrected chi connectivity index (χ1v) is 11.0. The number of carbonyl (C=O) groups excluding carboxylic acids is 2. The number of aromatic nitrogens is 1. The molecule has 150 valence electrons. The number of benzene rings is 2. The van der Waals surface area contributed by atoms with Crippen LogP contribution in [0.15, 0.2) is 48.5 Å². The second-order valence-electron chi connectivity index (χ2n) is 7.36. The van der Waals surface area contributed by atoms with Crippen molar-refractivity contribution in [3.05, 3.63) is 59.1 Å². The Morgan fingerprint density at radius 3 is 2.69 bits per heavy atom. The van der Waals surface area contributed by atoms with Gasteiger partial charge in [-0.1, -0.05) is 31.2 Å². The molecule has 1 saturated heterocycles. The predicted octanol–water partition coefficient (Wildman–Crippen LogP) is 4.94. The zero-order valence-electron chi connectivity index (χ0n) is 16.6. The second kappa shape index (κ2) is 8.74. The van der Waals surface area contributed by atoms with Gasteiger partial charge < -0.3 is 10.2 Å². The van der Waals surface area contributed by atoms with E-state index in [0.29, 0.717) is 0 Å². The molecule has 2 aromatic carbocycles. The molecule has 0 radical (unpaired) electrons. The Morgan fingerprint density at radius 2 is 1.93 bits per heavy atom. The van der Waals surface area contributed by atoms with E-state index in [1.54, 1.807) is 11.3 Å². The number of hydrogen-bond acceptors (Lipinski definition) is 4. The third-order valence-electron chi connectivity index (χ3n) is 5.38. The average Bonchev–Trinajstić information content (AvgIpc) is 3.39. The van der Waals surface area contributed by atoms with Crippen LogP contribution in [0, 0.1) is 0 Å². The van der Waals surface area contributed by atoms with Crippen LogP contribution < -0.4 is 5.32 Å². The van der Waals surface area contributed by atoms with Gasteiger partial charge in [0, 0.05) is 25.1 Å². The molecule has 1 aliphatic heterocycles. The fourth-order valence-corrected chi connectivity index (χ4v) is 4.88. The van der Waals surface area contributed by atoms with Crippen molar-refractivity contribution < 1.29 is 9.59 Å². The minimum atomic E-state index is -0.127. The lowest BCUT2D eigenvalue weighted by Crippen LogP contribution is -2.31. The van der Waals surface area contributed by atoms with Crippen LogP contribution in [0.2, 0.25) is 0 Å². The lowest BCUT2D eigenvalue weighted by Gasteiger charge is -2.23. The highest BCUT2D eigenvalue weighted by Crippen LogP contribution is 2.36. The Labute approximate surface area is 174 Å². The second-order valence-corrected chi connectivity index (χ2v) is 8.43. The molecular weight excluding hydrogens is 382 g/mol. The molecule has 29 heavy (non-hydrogen) atoms.